The number of aromatic nitrogens is 1. The fourth-order valence-electron chi connectivity index (χ4n) is 2.40. The SMILES string of the molecule is COc1ccc(-c2cn3ccccc3c2C(=O)O)cc1Br. The van der Waals surface area contributed by atoms with Gasteiger partial charge in [-0.1, -0.05) is 12.1 Å². The first kappa shape index (κ1) is 13.7. The molecule has 0 saturated heterocycles. The molecular weight excluding hydrogens is 334 g/mol. The topological polar surface area (TPSA) is 50.9 Å². The first-order chi connectivity index (χ1) is 10.1. The largest absolute Gasteiger partial charge is 0.496 e. The molecule has 3 aromatic rings. The maximum atomic E-state index is 11.6. The monoisotopic (exact) mass is 345 g/mol. The molecular formula is C16H12BrNO3. The molecule has 5 heteroatoms. The van der Waals surface area contributed by atoms with Gasteiger partial charge in [-0.3, -0.25) is 0 Å². The van der Waals surface area contributed by atoms with Crippen molar-refractivity contribution in [2.45, 2.75) is 0 Å². The minimum absolute atomic E-state index is 0.299. The van der Waals surface area contributed by atoms with Crippen LogP contribution in [0.5, 0.6) is 5.75 Å². The van der Waals surface area contributed by atoms with Crippen LogP contribution in [-0.2, 0) is 0 Å². The van der Waals surface area contributed by atoms with E-state index in [1.807, 2.05) is 47.1 Å². The Morgan fingerprint density at radius 3 is 2.76 bits per heavy atom. The third-order valence-corrected chi connectivity index (χ3v) is 3.98. The Morgan fingerprint density at radius 1 is 1.29 bits per heavy atom. The van der Waals surface area contributed by atoms with E-state index >= 15 is 0 Å². The molecule has 0 amide bonds. The normalized spacial score (nSPS) is 10.8. The van der Waals surface area contributed by atoms with Crippen molar-refractivity contribution in [3.63, 3.8) is 0 Å². The summed E-state index contributed by atoms with van der Waals surface area (Å²) in [7, 11) is 1.59. The Bertz CT molecular complexity index is 839. The van der Waals surface area contributed by atoms with Crippen molar-refractivity contribution < 1.29 is 14.6 Å². The zero-order chi connectivity index (χ0) is 15.0. The molecule has 0 saturated carbocycles. The molecule has 0 radical (unpaired) electrons. The third kappa shape index (κ3) is 2.29. The van der Waals surface area contributed by atoms with Gasteiger partial charge in [0.15, 0.2) is 0 Å². The molecule has 0 aliphatic heterocycles. The fourth-order valence-corrected chi connectivity index (χ4v) is 2.94. The number of aromatic carboxylic acids is 1. The van der Waals surface area contributed by atoms with Crippen LogP contribution < -0.4 is 4.74 Å². The van der Waals surface area contributed by atoms with Crippen LogP contribution in [0.15, 0.2) is 53.3 Å². The quantitative estimate of drug-likeness (QED) is 0.778. The molecule has 2 aromatic heterocycles. The Labute approximate surface area is 129 Å². The molecule has 106 valence electrons. The van der Waals surface area contributed by atoms with E-state index in [1.54, 1.807) is 13.2 Å². The lowest BCUT2D eigenvalue weighted by Crippen LogP contribution is -1.97. The number of carbonyl (C=O) groups is 1. The van der Waals surface area contributed by atoms with Gasteiger partial charge in [-0.05, 0) is 45.8 Å². The van der Waals surface area contributed by atoms with Crippen LogP contribution in [0.4, 0.5) is 0 Å². The summed E-state index contributed by atoms with van der Waals surface area (Å²) in [6, 6.07) is 11.0. The fraction of sp³-hybridized carbons (Fsp3) is 0.0625. The lowest BCUT2D eigenvalue weighted by molar-refractivity contribution is 0.0700. The summed E-state index contributed by atoms with van der Waals surface area (Å²) < 4.78 is 7.81. The van der Waals surface area contributed by atoms with Crippen LogP contribution in [0.3, 0.4) is 0 Å². The number of nitrogens with zero attached hydrogens (tertiary/aromatic N) is 1. The Kier molecular flexibility index (Phi) is 3.43. The number of benzene rings is 1. The molecule has 0 fully saturated rings. The van der Waals surface area contributed by atoms with Crippen LogP contribution in [-0.4, -0.2) is 22.6 Å². The van der Waals surface area contributed by atoms with Gasteiger partial charge in [-0.2, -0.15) is 0 Å². The molecule has 0 atom stereocenters. The summed E-state index contributed by atoms with van der Waals surface area (Å²) in [6.07, 6.45) is 3.66. The van der Waals surface area contributed by atoms with E-state index in [4.69, 9.17) is 4.74 Å². The highest BCUT2D eigenvalue weighted by molar-refractivity contribution is 9.10. The van der Waals surface area contributed by atoms with E-state index in [1.165, 1.54) is 0 Å². The zero-order valence-electron chi connectivity index (χ0n) is 11.2. The molecule has 0 aliphatic carbocycles. The lowest BCUT2D eigenvalue weighted by Gasteiger charge is -2.06. The average molecular weight is 346 g/mol. The van der Waals surface area contributed by atoms with Crippen LogP contribution in [0.25, 0.3) is 16.6 Å². The predicted octanol–water partition coefficient (Wildman–Crippen LogP) is 4.08. The minimum Gasteiger partial charge on any atom is -0.496 e. The van der Waals surface area contributed by atoms with E-state index in [9.17, 15) is 9.90 Å². The molecule has 21 heavy (non-hydrogen) atoms. The van der Waals surface area contributed by atoms with Crippen LogP contribution in [0.2, 0.25) is 0 Å². The van der Waals surface area contributed by atoms with Crippen molar-refractivity contribution in [3.8, 4) is 16.9 Å². The highest BCUT2D eigenvalue weighted by Crippen LogP contribution is 2.34. The summed E-state index contributed by atoms with van der Waals surface area (Å²) in [4.78, 5) is 11.6. The van der Waals surface area contributed by atoms with Crippen molar-refractivity contribution in [1.29, 1.82) is 0 Å². The smallest absolute Gasteiger partial charge is 0.338 e. The summed E-state index contributed by atoms with van der Waals surface area (Å²) >= 11 is 3.43. The van der Waals surface area contributed by atoms with E-state index in [2.05, 4.69) is 15.9 Å². The number of rotatable bonds is 3. The van der Waals surface area contributed by atoms with Gasteiger partial charge >= 0.3 is 5.97 Å². The number of fused-ring (bicyclic) bond motifs is 1. The van der Waals surface area contributed by atoms with Crippen molar-refractivity contribution in [2.24, 2.45) is 0 Å². The standard InChI is InChI=1S/C16H12BrNO3/c1-21-14-6-5-10(8-12(14)17)11-9-18-7-3-2-4-13(18)15(11)16(19)20/h2-9H,1H3,(H,19,20). The summed E-state index contributed by atoms with van der Waals surface area (Å²) in [6.45, 7) is 0. The van der Waals surface area contributed by atoms with Crippen molar-refractivity contribution in [3.05, 3.63) is 58.8 Å². The number of ether oxygens (including phenoxy) is 1. The molecule has 1 aromatic carbocycles. The maximum Gasteiger partial charge on any atom is 0.338 e. The molecule has 2 heterocycles. The van der Waals surface area contributed by atoms with Crippen LogP contribution in [0, 0.1) is 0 Å². The zero-order valence-corrected chi connectivity index (χ0v) is 12.8. The van der Waals surface area contributed by atoms with Gasteiger partial charge < -0.3 is 14.2 Å². The Morgan fingerprint density at radius 2 is 2.10 bits per heavy atom. The number of carboxylic acids is 1. The Hall–Kier alpha value is -2.27. The second kappa shape index (κ2) is 5.26. The minimum atomic E-state index is -0.939. The molecule has 0 spiro atoms. The van der Waals surface area contributed by atoms with Gasteiger partial charge in [0.1, 0.15) is 5.75 Å². The van der Waals surface area contributed by atoms with E-state index in [0.29, 0.717) is 22.4 Å². The van der Waals surface area contributed by atoms with Gasteiger partial charge in [0.05, 0.1) is 22.7 Å². The second-order valence-electron chi connectivity index (χ2n) is 4.57. The van der Waals surface area contributed by atoms with Gasteiger partial charge in [-0.15, -0.1) is 0 Å². The average Bonchev–Trinajstić information content (AvgIpc) is 2.86. The molecule has 0 bridgehead atoms. The van der Waals surface area contributed by atoms with Gasteiger partial charge in [-0.25, -0.2) is 4.79 Å². The number of carboxylic acid groups (broad SMARTS) is 1. The highest BCUT2D eigenvalue weighted by Gasteiger charge is 2.18. The van der Waals surface area contributed by atoms with Crippen molar-refractivity contribution in [1.82, 2.24) is 4.40 Å². The second-order valence-corrected chi connectivity index (χ2v) is 5.42. The van der Waals surface area contributed by atoms with Crippen LogP contribution in [0.1, 0.15) is 10.4 Å². The lowest BCUT2D eigenvalue weighted by atomic mass is 10.0. The first-order valence-corrected chi connectivity index (χ1v) is 7.08. The van der Waals surface area contributed by atoms with E-state index in [0.717, 1.165) is 10.0 Å². The van der Waals surface area contributed by atoms with Gasteiger partial charge in [0.2, 0.25) is 0 Å². The number of halogens is 1. The van der Waals surface area contributed by atoms with E-state index in [-0.39, 0.29) is 0 Å². The number of hydrogen-bond donors (Lipinski definition) is 1. The van der Waals surface area contributed by atoms with Gasteiger partial charge in [0, 0.05) is 18.0 Å². The Balaban J connectivity index is 2.27. The third-order valence-electron chi connectivity index (χ3n) is 3.36. The molecule has 4 nitrogen and oxygen atoms in total. The summed E-state index contributed by atoms with van der Waals surface area (Å²) in [5, 5.41) is 9.53. The van der Waals surface area contributed by atoms with Crippen LogP contribution >= 0.6 is 15.9 Å². The first-order valence-electron chi connectivity index (χ1n) is 6.28. The van der Waals surface area contributed by atoms with Crippen molar-refractivity contribution >= 4 is 27.4 Å². The number of pyridine rings is 1. The summed E-state index contributed by atoms with van der Waals surface area (Å²) in [5.41, 5.74) is 2.47. The molecule has 0 unspecified atom stereocenters. The van der Waals surface area contributed by atoms with Crippen molar-refractivity contribution in [2.75, 3.05) is 7.11 Å². The van der Waals surface area contributed by atoms with Gasteiger partial charge in [0.25, 0.3) is 0 Å². The van der Waals surface area contributed by atoms with E-state index < -0.39 is 5.97 Å². The summed E-state index contributed by atoms with van der Waals surface area (Å²) in [5.74, 6) is -0.231. The molecule has 3 rings (SSSR count). The highest BCUT2D eigenvalue weighted by atomic mass is 79.9. The predicted molar refractivity (Wildman–Crippen MR) is 84.0 cm³/mol. The number of hydrogen-bond acceptors (Lipinski definition) is 2. The molecule has 1 N–H and O–H groups in total. The maximum absolute atomic E-state index is 11.6. The molecule has 0 aliphatic rings. The number of methoxy groups -OCH3 is 1.